The number of hydrogen-bond donors (Lipinski definition) is 1. The van der Waals surface area contributed by atoms with Crippen LogP contribution in [0.1, 0.15) is 39.0 Å². The largest absolute Gasteiger partial charge is 0.349 e. The predicted octanol–water partition coefficient (Wildman–Crippen LogP) is 5.49. The molecule has 0 aliphatic carbocycles. The number of nitrogens with one attached hydrogen (secondary N) is 1. The third-order valence-electron chi connectivity index (χ3n) is 4.90. The molecule has 0 spiro atoms. The van der Waals surface area contributed by atoms with E-state index in [1.807, 2.05) is 12.1 Å². The number of nitrogens with zero attached hydrogens (tertiary/aromatic N) is 1. The number of thiophene rings is 2. The third-order valence-corrected chi connectivity index (χ3v) is 7.53. The number of aryl methyl sites for hydroxylation is 1. The molecule has 1 amide bonds. The molecule has 136 valence electrons. The van der Waals surface area contributed by atoms with Crippen molar-refractivity contribution in [1.82, 2.24) is 10.2 Å². The average molecular weight is 405 g/mol. The average Bonchev–Trinajstić information content (AvgIpc) is 3.37. The molecule has 26 heavy (non-hydrogen) atoms. The summed E-state index contributed by atoms with van der Waals surface area (Å²) in [5.41, 5.74) is 1.18. The summed E-state index contributed by atoms with van der Waals surface area (Å²) in [7, 11) is 0. The highest BCUT2D eigenvalue weighted by Gasteiger charge is 2.25. The van der Waals surface area contributed by atoms with Crippen molar-refractivity contribution < 1.29 is 4.79 Å². The Hall–Kier alpha value is -1.40. The first-order valence-electron chi connectivity index (χ1n) is 8.88. The topological polar surface area (TPSA) is 32.3 Å². The van der Waals surface area contributed by atoms with Crippen molar-refractivity contribution in [3.8, 4) is 0 Å². The van der Waals surface area contributed by atoms with Gasteiger partial charge in [0, 0.05) is 21.5 Å². The number of rotatable bonds is 5. The van der Waals surface area contributed by atoms with Crippen LogP contribution in [0.15, 0.2) is 35.7 Å². The van der Waals surface area contributed by atoms with Gasteiger partial charge in [0.25, 0.3) is 5.91 Å². The zero-order chi connectivity index (χ0) is 18.1. The fraction of sp³-hybridized carbons (Fsp3) is 0.350. The van der Waals surface area contributed by atoms with E-state index < -0.39 is 0 Å². The van der Waals surface area contributed by atoms with Crippen LogP contribution < -0.4 is 5.32 Å². The Morgan fingerprint density at radius 1 is 1.31 bits per heavy atom. The smallest absolute Gasteiger partial charge is 0.262 e. The summed E-state index contributed by atoms with van der Waals surface area (Å²) < 4.78 is 1.06. The maximum absolute atomic E-state index is 12.8. The number of amides is 1. The first-order valence-corrected chi connectivity index (χ1v) is 10.9. The van der Waals surface area contributed by atoms with Crippen molar-refractivity contribution in [3.63, 3.8) is 0 Å². The van der Waals surface area contributed by atoms with E-state index in [4.69, 9.17) is 11.6 Å². The summed E-state index contributed by atoms with van der Waals surface area (Å²) in [6.45, 7) is 4.86. The van der Waals surface area contributed by atoms with Crippen LogP contribution in [0.2, 0.25) is 5.02 Å². The summed E-state index contributed by atoms with van der Waals surface area (Å²) in [5, 5.41) is 6.76. The number of hydrogen-bond acceptors (Lipinski definition) is 4. The molecule has 1 aromatic carbocycles. The molecule has 4 rings (SSSR count). The number of likely N-dealkylation sites (tertiary alicyclic amines) is 1. The van der Waals surface area contributed by atoms with Gasteiger partial charge in [0.2, 0.25) is 0 Å². The molecule has 0 unspecified atom stereocenters. The lowest BCUT2D eigenvalue weighted by atomic mass is 10.2. The van der Waals surface area contributed by atoms with E-state index in [1.165, 1.54) is 34.6 Å². The van der Waals surface area contributed by atoms with Gasteiger partial charge in [0.1, 0.15) is 4.88 Å². The van der Waals surface area contributed by atoms with Crippen LogP contribution in [0.3, 0.4) is 0 Å². The molecule has 2 aromatic heterocycles. The van der Waals surface area contributed by atoms with Crippen molar-refractivity contribution in [3.05, 3.63) is 56.1 Å². The van der Waals surface area contributed by atoms with E-state index >= 15 is 0 Å². The van der Waals surface area contributed by atoms with Crippen LogP contribution in [0.4, 0.5) is 0 Å². The van der Waals surface area contributed by atoms with E-state index in [1.54, 1.807) is 11.3 Å². The molecule has 1 aliphatic rings. The first kappa shape index (κ1) is 18.0. The van der Waals surface area contributed by atoms with Gasteiger partial charge < -0.3 is 5.32 Å². The van der Waals surface area contributed by atoms with Gasteiger partial charge in [0.15, 0.2) is 0 Å². The second kappa shape index (κ2) is 7.69. The second-order valence-electron chi connectivity index (χ2n) is 6.73. The van der Waals surface area contributed by atoms with Crippen LogP contribution in [-0.4, -0.2) is 30.4 Å². The Bertz CT molecular complexity index is 913. The fourth-order valence-electron chi connectivity index (χ4n) is 3.53. The van der Waals surface area contributed by atoms with Gasteiger partial charge >= 0.3 is 0 Å². The summed E-state index contributed by atoms with van der Waals surface area (Å²) in [5.74, 6) is -0.0744. The minimum Gasteiger partial charge on any atom is -0.349 e. The standard InChI is InChI=1S/C20H21ClN2OS2/c1-13-6-7-14-17(11-13)26-19(18(14)21)20(24)22-12-15(16-5-4-10-25-16)23-8-2-3-9-23/h4-7,10-11,15H,2-3,8-9,12H2,1H3,(H,22,24)/t15-/m1/s1. The minimum atomic E-state index is -0.0744. The molecule has 3 aromatic rings. The van der Waals surface area contributed by atoms with Crippen molar-refractivity contribution in [2.75, 3.05) is 19.6 Å². The van der Waals surface area contributed by atoms with Crippen molar-refractivity contribution in [2.24, 2.45) is 0 Å². The number of halogens is 1. The maximum Gasteiger partial charge on any atom is 0.262 e. The van der Waals surface area contributed by atoms with Gasteiger partial charge in [-0.2, -0.15) is 0 Å². The number of carbonyl (C=O) groups is 1. The highest BCUT2D eigenvalue weighted by atomic mass is 35.5. The molecular weight excluding hydrogens is 384 g/mol. The monoisotopic (exact) mass is 404 g/mol. The highest BCUT2D eigenvalue weighted by Crippen LogP contribution is 2.36. The Morgan fingerprint density at radius 2 is 2.12 bits per heavy atom. The van der Waals surface area contributed by atoms with Crippen LogP contribution in [0.25, 0.3) is 10.1 Å². The lowest BCUT2D eigenvalue weighted by molar-refractivity contribution is 0.0942. The Kier molecular flexibility index (Phi) is 5.32. The van der Waals surface area contributed by atoms with Crippen molar-refractivity contribution in [1.29, 1.82) is 0 Å². The molecule has 6 heteroatoms. The Labute approximate surface area is 166 Å². The van der Waals surface area contributed by atoms with E-state index in [0.29, 0.717) is 16.4 Å². The molecule has 3 nitrogen and oxygen atoms in total. The first-order chi connectivity index (χ1) is 12.6. The Morgan fingerprint density at radius 3 is 2.85 bits per heavy atom. The van der Waals surface area contributed by atoms with Crippen LogP contribution in [0.5, 0.6) is 0 Å². The molecule has 1 saturated heterocycles. The third kappa shape index (κ3) is 3.54. The fourth-order valence-corrected chi connectivity index (χ4v) is 5.92. The van der Waals surface area contributed by atoms with E-state index in [9.17, 15) is 4.79 Å². The number of benzene rings is 1. The van der Waals surface area contributed by atoms with E-state index in [0.717, 1.165) is 23.2 Å². The number of carbonyl (C=O) groups excluding carboxylic acids is 1. The summed E-state index contributed by atoms with van der Waals surface area (Å²) in [4.78, 5) is 17.2. The minimum absolute atomic E-state index is 0.0744. The Balaban J connectivity index is 1.53. The zero-order valence-electron chi connectivity index (χ0n) is 14.6. The molecule has 1 N–H and O–H groups in total. The van der Waals surface area contributed by atoms with Crippen molar-refractivity contribution in [2.45, 2.75) is 25.8 Å². The van der Waals surface area contributed by atoms with Gasteiger partial charge in [-0.05, 0) is 55.9 Å². The molecule has 1 fully saturated rings. The van der Waals surface area contributed by atoms with Gasteiger partial charge in [-0.3, -0.25) is 9.69 Å². The molecule has 3 heterocycles. The second-order valence-corrected chi connectivity index (χ2v) is 9.14. The normalized spacial score (nSPS) is 16.2. The van der Waals surface area contributed by atoms with Gasteiger partial charge in [0.05, 0.1) is 11.1 Å². The van der Waals surface area contributed by atoms with E-state index in [2.05, 4.69) is 40.7 Å². The molecule has 0 bridgehead atoms. The summed E-state index contributed by atoms with van der Waals surface area (Å²) >= 11 is 9.72. The molecule has 0 radical (unpaired) electrons. The molecule has 0 saturated carbocycles. The predicted molar refractivity (Wildman–Crippen MR) is 112 cm³/mol. The van der Waals surface area contributed by atoms with Crippen molar-refractivity contribution >= 4 is 50.3 Å². The molecular formula is C20H21ClN2OS2. The number of fused-ring (bicyclic) bond motifs is 1. The summed E-state index contributed by atoms with van der Waals surface area (Å²) in [6.07, 6.45) is 2.47. The van der Waals surface area contributed by atoms with Crippen LogP contribution in [0, 0.1) is 6.92 Å². The maximum atomic E-state index is 12.8. The van der Waals surface area contributed by atoms with Gasteiger partial charge in [-0.25, -0.2) is 0 Å². The van der Waals surface area contributed by atoms with Gasteiger partial charge in [-0.1, -0.05) is 29.8 Å². The van der Waals surface area contributed by atoms with Crippen LogP contribution >= 0.6 is 34.3 Å². The van der Waals surface area contributed by atoms with Gasteiger partial charge in [-0.15, -0.1) is 22.7 Å². The van der Waals surface area contributed by atoms with Crippen LogP contribution in [-0.2, 0) is 0 Å². The summed E-state index contributed by atoms with van der Waals surface area (Å²) in [6, 6.07) is 10.6. The molecule has 1 aliphatic heterocycles. The van der Waals surface area contributed by atoms with E-state index in [-0.39, 0.29) is 11.9 Å². The zero-order valence-corrected chi connectivity index (χ0v) is 17.0. The highest BCUT2D eigenvalue weighted by molar-refractivity contribution is 7.21. The quantitative estimate of drug-likeness (QED) is 0.609. The molecule has 1 atom stereocenters. The SMILES string of the molecule is Cc1ccc2c(Cl)c(C(=O)NC[C@H](c3cccs3)N3CCCC3)sc2c1. The lowest BCUT2D eigenvalue weighted by Crippen LogP contribution is -2.36. The lowest BCUT2D eigenvalue weighted by Gasteiger charge is -2.26.